The molecule has 0 aliphatic carbocycles. The number of nitrogens with two attached hydrogens (primary N) is 1. The maximum absolute atomic E-state index is 13.0. The van der Waals surface area contributed by atoms with E-state index in [1.807, 2.05) is 0 Å². The molecular formula is C24H15Cl2FN2O4. The third kappa shape index (κ3) is 4.87. The Bertz CT molecular complexity index is 1300. The number of rotatable bonds is 5. The molecule has 1 atom stereocenters. The summed E-state index contributed by atoms with van der Waals surface area (Å²) >= 11 is 12.4. The molecule has 166 valence electrons. The first-order valence-corrected chi connectivity index (χ1v) is 10.4. The smallest absolute Gasteiger partial charge is 0.349 e. The number of nitrogens with zero attached hydrogens (tertiary/aromatic N) is 1. The van der Waals surface area contributed by atoms with E-state index in [0.717, 1.165) is 0 Å². The van der Waals surface area contributed by atoms with E-state index in [0.29, 0.717) is 32.7 Å². The Kier molecular flexibility index (Phi) is 6.40. The maximum atomic E-state index is 13.0. The Morgan fingerprint density at radius 3 is 2.45 bits per heavy atom. The van der Waals surface area contributed by atoms with Crippen molar-refractivity contribution in [3.05, 3.63) is 99.1 Å². The van der Waals surface area contributed by atoms with Crippen LogP contribution in [-0.4, -0.2) is 12.6 Å². The third-order valence-corrected chi connectivity index (χ3v) is 5.43. The highest BCUT2D eigenvalue weighted by Gasteiger charge is 2.32. The van der Waals surface area contributed by atoms with Gasteiger partial charge in [0.25, 0.3) is 0 Å². The van der Waals surface area contributed by atoms with Gasteiger partial charge in [-0.05, 0) is 48.0 Å². The minimum absolute atomic E-state index is 0.0795. The Morgan fingerprint density at radius 1 is 1.06 bits per heavy atom. The Labute approximate surface area is 198 Å². The Balaban J connectivity index is 1.56. The number of allylic oxidation sites excluding steroid dienone is 1. The highest BCUT2D eigenvalue weighted by atomic mass is 35.5. The van der Waals surface area contributed by atoms with E-state index >= 15 is 0 Å². The predicted octanol–water partition coefficient (Wildman–Crippen LogP) is 5.34. The minimum atomic E-state index is -0.673. The van der Waals surface area contributed by atoms with Gasteiger partial charge in [-0.2, -0.15) is 5.26 Å². The van der Waals surface area contributed by atoms with Crippen molar-refractivity contribution in [3.63, 3.8) is 0 Å². The van der Waals surface area contributed by atoms with E-state index in [9.17, 15) is 14.4 Å². The number of ether oxygens (including phenoxy) is 3. The van der Waals surface area contributed by atoms with Gasteiger partial charge in [-0.25, -0.2) is 9.18 Å². The largest absolute Gasteiger partial charge is 0.482 e. The van der Waals surface area contributed by atoms with Gasteiger partial charge in [-0.15, -0.1) is 0 Å². The van der Waals surface area contributed by atoms with Gasteiger partial charge >= 0.3 is 5.97 Å². The first kappa shape index (κ1) is 22.5. The molecular weight excluding hydrogens is 470 g/mol. The van der Waals surface area contributed by atoms with E-state index in [4.69, 9.17) is 43.1 Å². The fourth-order valence-electron chi connectivity index (χ4n) is 3.39. The fraction of sp³-hybridized carbons (Fsp3) is 0.0833. The van der Waals surface area contributed by atoms with Crippen LogP contribution in [0.4, 0.5) is 4.39 Å². The third-order valence-electron chi connectivity index (χ3n) is 4.87. The van der Waals surface area contributed by atoms with E-state index in [-0.39, 0.29) is 23.8 Å². The standard InChI is InChI=1S/C24H15Cl2FN2O4/c25-13-1-7-17(20(26)9-13)23-18-8-6-16(10-21(18)33-24(29)19(23)11-28)32-22(30)12-31-15-4-2-14(27)3-5-15/h1-10,23H,12,29H2. The molecule has 0 spiro atoms. The van der Waals surface area contributed by atoms with Crippen LogP contribution in [0.3, 0.4) is 0 Å². The summed E-state index contributed by atoms with van der Waals surface area (Å²) in [7, 11) is 0. The summed E-state index contributed by atoms with van der Waals surface area (Å²) in [6, 6.07) is 17.0. The van der Waals surface area contributed by atoms with Crippen molar-refractivity contribution in [2.24, 2.45) is 5.73 Å². The number of hydrogen-bond acceptors (Lipinski definition) is 6. The lowest BCUT2D eigenvalue weighted by atomic mass is 9.83. The number of carbonyl (C=O) groups is 1. The second kappa shape index (κ2) is 9.41. The Hall–Kier alpha value is -3.73. The molecule has 0 aromatic heterocycles. The highest BCUT2D eigenvalue weighted by Crippen LogP contribution is 2.45. The van der Waals surface area contributed by atoms with Crippen LogP contribution in [0.2, 0.25) is 10.0 Å². The van der Waals surface area contributed by atoms with Gasteiger partial charge in [0.05, 0.1) is 5.92 Å². The van der Waals surface area contributed by atoms with Gasteiger partial charge in [-0.1, -0.05) is 35.3 Å². The number of carbonyl (C=O) groups excluding carboxylic acids is 1. The van der Waals surface area contributed by atoms with Crippen molar-refractivity contribution in [1.82, 2.24) is 0 Å². The normalized spacial score (nSPS) is 14.7. The zero-order valence-corrected chi connectivity index (χ0v) is 18.4. The molecule has 3 aromatic rings. The van der Waals surface area contributed by atoms with Crippen LogP contribution in [0.15, 0.2) is 72.1 Å². The maximum Gasteiger partial charge on any atom is 0.349 e. The summed E-state index contributed by atoms with van der Waals surface area (Å²) in [5.74, 6) is -0.924. The molecule has 9 heteroatoms. The van der Waals surface area contributed by atoms with Gasteiger partial charge in [-0.3, -0.25) is 0 Å². The van der Waals surface area contributed by atoms with Crippen LogP contribution in [0.1, 0.15) is 17.0 Å². The zero-order valence-electron chi connectivity index (χ0n) is 16.8. The van der Waals surface area contributed by atoms with E-state index in [1.54, 1.807) is 30.3 Å². The van der Waals surface area contributed by atoms with Gasteiger partial charge in [0, 0.05) is 21.7 Å². The van der Waals surface area contributed by atoms with E-state index in [2.05, 4.69) is 6.07 Å². The molecule has 0 bridgehead atoms. The molecule has 0 saturated heterocycles. The van der Waals surface area contributed by atoms with Crippen LogP contribution in [0.25, 0.3) is 0 Å². The second-order valence-electron chi connectivity index (χ2n) is 7.01. The van der Waals surface area contributed by atoms with Gasteiger partial charge < -0.3 is 19.9 Å². The predicted molar refractivity (Wildman–Crippen MR) is 120 cm³/mol. The second-order valence-corrected chi connectivity index (χ2v) is 7.85. The summed E-state index contributed by atoms with van der Waals surface area (Å²) in [5.41, 5.74) is 7.44. The molecule has 33 heavy (non-hydrogen) atoms. The molecule has 0 radical (unpaired) electrons. The van der Waals surface area contributed by atoms with Crippen LogP contribution >= 0.6 is 23.2 Å². The molecule has 0 fully saturated rings. The van der Waals surface area contributed by atoms with Crippen molar-refractivity contribution in [2.45, 2.75) is 5.92 Å². The molecule has 1 aliphatic rings. The summed E-state index contributed by atoms with van der Waals surface area (Å²) < 4.78 is 29.2. The average molecular weight is 485 g/mol. The molecule has 1 aliphatic heterocycles. The SMILES string of the molecule is N#CC1=C(N)Oc2cc(OC(=O)COc3ccc(F)cc3)ccc2C1c1ccc(Cl)cc1Cl. The first-order chi connectivity index (χ1) is 15.9. The lowest BCUT2D eigenvalue weighted by molar-refractivity contribution is -0.136. The molecule has 4 rings (SSSR count). The lowest BCUT2D eigenvalue weighted by Crippen LogP contribution is -2.22. The van der Waals surface area contributed by atoms with Crippen molar-refractivity contribution in [1.29, 1.82) is 5.26 Å². The van der Waals surface area contributed by atoms with Gasteiger partial charge in [0.15, 0.2) is 6.61 Å². The van der Waals surface area contributed by atoms with Crippen molar-refractivity contribution >= 4 is 29.2 Å². The molecule has 0 amide bonds. The molecule has 0 saturated carbocycles. The lowest BCUT2D eigenvalue weighted by Gasteiger charge is -2.27. The average Bonchev–Trinajstić information content (AvgIpc) is 2.78. The number of hydrogen-bond donors (Lipinski definition) is 1. The number of fused-ring (bicyclic) bond motifs is 1. The number of halogens is 3. The molecule has 1 heterocycles. The molecule has 6 nitrogen and oxygen atoms in total. The van der Waals surface area contributed by atoms with E-state index < -0.39 is 17.7 Å². The summed E-state index contributed by atoms with van der Waals surface area (Å²) in [6.07, 6.45) is 0. The molecule has 1 unspecified atom stereocenters. The zero-order chi connectivity index (χ0) is 23.5. The van der Waals surface area contributed by atoms with Crippen LogP contribution < -0.4 is 19.9 Å². The molecule has 2 N–H and O–H groups in total. The first-order valence-electron chi connectivity index (χ1n) is 9.61. The number of esters is 1. The topological polar surface area (TPSA) is 94.6 Å². The summed E-state index contributed by atoms with van der Waals surface area (Å²) in [4.78, 5) is 12.2. The summed E-state index contributed by atoms with van der Waals surface area (Å²) in [5, 5.41) is 10.5. The quantitative estimate of drug-likeness (QED) is 0.388. The van der Waals surface area contributed by atoms with Crippen molar-refractivity contribution in [2.75, 3.05) is 6.61 Å². The summed E-state index contributed by atoms with van der Waals surface area (Å²) in [6.45, 7) is -0.382. The highest BCUT2D eigenvalue weighted by molar-refractivity contribution is 6.35. The monoisotopic (exact) mass is 484 g/mol. The Morgan fingerprint density at radius 2 is 1.76 bits per heavy atom. The van der Waals surface area contributed by atoms with Gasteiger partial charge in [0.1, 0.15) is 34.7 Å². The van der Waals surface area contributed by atoms with Crippen molar-refractivity contribution in [3.8, 4) is 23.3 Å². The van der Waals surface area contributed by atoms with Crippen LogP contribution in [0, 0.1) is 17.1 Å². The number of nitriles is 1. The molecule has 3 aromatic carbocycles. The van der Waals surface area contributed by atoms with Crippen LogP contribution in [-0.2, 0) is 4.79 Å². The van der Waals surface area contributed by atoms with Gasteiger partial charge in [0.2, 0.25) is 5.88 Å². The number of benzene rings is 3. The van der Waals surface area contributed by atoms with Crippen LogP contribution in [0.5, 0.6) is 17.2 Å². The minimum Gasteiger partial charge on any atom is -0.482 e. The van der Waals surface area contributed by atoms with E-state index in [1.165, 1.54) is 30.3 Å². The fourth-order valence-corrected chi connectivity index (χ4v) is 3.91. The van der Waals surface area contributed by atoms with Crippen molar-refractivity contribution < 1.29 is 23.4 Å².